The molecule has 10 heteroatoms. The van der Waals surface area contributed by atoms with Crippen LogP contribution in [0.4, 0.5) is 20.5 Å². The highest BCUT2D eigenvalue weighted by atomic mass is 19.1. The molecular weight excluding hydrogens is 396 g/mol. The van der Waals surface area contributed by atoms with Gasteiger partial charge < -0.3 is 24.8 Å². The van der Waals surface area contributed by atoms with Crippen LogP contribution in [-0.4, -0.2) is 55.0 Å². The van der Waals surface area contributed by atoms with E-state index >= 15 is 8.78 Å². The van der Waals surface area contributed by atoms with Crippen LogP contribution in [0.3, 0.4) is 0 Å². The second-order valence-corrected chi connectivity index (χ2v) is 7.29. The number of nitrogens with two attached hydrogens (primary N) is 1. The van der Waals surface area contributed by atoms with Gasteiger partial charge in [-0.15, -0.1) is 0 Å². The van der Waals surface area contributed by atoms with Crippen LogP contribution < -0.4 is 20.1 Å². The second kappa shape index (κ2) is 7.21. The molecule has 0 atom stereocenters. The summed E-state index contributed by atoms with van der Waals surface area (Å²) in [4.78, 5) is 14.7. The van der Waals surface area contributed by atoms with Crippen LogP contribution in [0.5, 0.6) is 11.5 Å². The number of aromatic nitrogens is 3. The molecule has 0 spiro atoms. The number of benzene rings is 1. The van der Waals surface area contributed by atoms with E-state index in [0.717, 1.165) is 6.07 Å². The molecule has 1 saturated heterocycles. The van der Waals surface area contributed by atoms with E-state index in [1.54, 1.807) is 7.11 Å². The average molecular weight is 417 g/mol. The Labute approximate surface area is 171 Å². The Morgan fingerprint density at radius 3 is 2.23 bits per heavy atom. The zero-order chi connectivity index (χ0) is 21.6. The molecule has 2 aromatic heterocycles. The van der Waals surface area contributed by atoms with E-state index < -0.39 is 11.6 Å². The Bertz CT molecular complexity index is 1110. The molecule has 4 rings (SSSR count). The predicted octanol–water partition coefficient (Wildman–Crippen LogP) is 2.79. The maximum Gasteiger partial charge on any atom is 0.220 e. The van der Waals surface area contributed by atoms with E-state index in [0.29, 0.717) is 29.8 Å². The third-order valence-corrected chi connectivity index (χ3v) is 5.24. The Morgan fingerprint density at radius 1 is 1.03 bits per heavy atom. The Hall–Kier alpha value is -3.27. The highest BCUT2D eigenvalue weighted by Crippen LogP contribution is 2.40. The first-order valence-electron chi connectivity index (χ1n) is 9.14. The molecule has 158 valence electrons. The summed E-state index contributed by atoms with van der Waals surface area (Å²) in [6.45, 7) is 3.03. The van der Waals surface area contributed by atoms with Crippen LogP contribution >= 0.6 is 0 Å². The number of hydrogen-bond donors (Lipinski definition) is 1. The van der Waals surface area contributed by atoms with Gasteiger partial charge in [0.15, 0.2) is 29.0 Å². The lowest BCUT2D eigenvalue weighted by Crippen LogP contribution is -2.61. The fraction of sp³-hybridized carbons (Fsp3) is 0.350. The summed E-state index contributed by atoms with van der Waals surface area (Å²) in [5, 5.41) is 0.538. The van der Waals surface area contributed by atoms with E-state index in [1.807, 2.05) is 11.8 Å². The van der Waals surface area contributed by atoms with Gasteiger partial charge in [-0.05, 0) is 13.0 Å². The molecule has 8 nitrogen and oxygen atoms in total. The molecule has 0 radical (unpaired) electrons. The van der Waals surface area contributed by atoms with Crippen molar-refractivity contribution in [1.82, 2.24) is 15.0 Å². The number of fused-ring (bicyclic) bond motifs is 1. The lowest BCUT2D eigenvalue weighted by Gasteiger charge is -2.47. The van der Waals surface area contributed by atoms with Crippen molar-refractivity contribution >= 4 is 22.7 Å². The van der Waals surface area contributed by atoms with E-state index in [9.17, 15) is 0 Å². The average Bonchev–Trinajstić information content (AvgIpc) is 2.71. The van der Waals surface area contributed by atoms with Gasteiger partial charge in [-0.3, -0.25) is 0 Å². The van der Waals surface area contributed by atoms with Gasteiger partial charge in [0.1, 0.15) is 5.52 Å². The van der Waals surface area contributed by atoms with Crippen molar-refractivity contribution in [2.75, 3.05) is 45.1 Å². The molecule has 30 heavy (non-hydrogen) atoms. The molecule has 1 aromatic carbocycles. The quantitative estimate of drug-likeness (QED) is 0.677. The SMILES string of the molecule is COc1cc(OC)c(F)c(-c2cc3cnc(N)nc3c(N3CC(C)(OC)C3)n2)c1F. The molecule has 1 aliphatic heterocycles. The van der Waals surface area contributed by atoms with Gasteiger partial charge in [0.25, 0.3) is 0 Å². The Kier molecular flexibility index (Phi) is 4.81. The van der Waals surface area contributed by atoms with Crippen LogP contribution in [0.2, 0.25) is 0 Å². The summed E-state index contributed by atoms with van der Waals surface area (Å²) in [7, 11) is 4.22. The van der Waals surface area contributed by atoms with E-state index in [4.69, 9.17) is 19.9 Å². The molecule has 0 unspecified atom stereocenters. The van der Waals surface area contributed by atoms with Crippen molar-refractivity contribution in [3.05, 3.63) is 30.0 Å². The third kappa shape index (κ3) is 3.13. The topological polar surface area (TPSA) is 95.6 Å². The lowest BCUT2D eigenvalue weighted by atomic mass is 9.96. The zero-order valence-electron chi connectivity index (χ0n) is 17.0. The highest BCUT2D eigenvalue weighted by molar-refractivity contribution is 5.92. The molecule has 0 saturated carbocycles. The Morgan fingerprint density at radius 2 is 1.67 bits per heavy atom. The number of anilines is 2. The van der Waals surface area contributed by atoms with Gasteiger partial charge in [-0.1, -0.05) is 0 Å². The van der Waals surface area contributed by atoms with Gasteiger partial charge in [0.2, 0.25) is 5.95 Å². The third-order valence-electron chi connectivity index (χ3n) is 5.24. The second-order valence-electron chi connectivity index (χ2n) is 7.29. The van der Waals surface area contributed by atoms with Crippen molar-refractivity contribution in [1.29, 1.82) is 0 Å². The summed E-state index contributed by atoms with van der Waals surface area (Å²) in [6.07, 6.45) is 1.49. The minimum atomic E-state index is -0.879. The molecule has 1 fully saturated rings. The van der Waals surface area contributed by atoms with Crippen molar-refractivity contribution in [3.8, 4) is 22.8 Å². The molecular formula is C20H21F2N5O3. The van der Waals surface area contributed by atoms with E-state index in [1.165, 1.54) is 26.5 Å². The molecule has 0 amide bonds. The number of rotatable bonds is 5. The van der Waals surface area contributed by atoms with Gasteiger partial charge in [0.05, 0.1) is 44.2 Å². The number of nitrogen functional groups attached to an aromatic ring is 1. The van der Waals surface area contributed by atoms with Crippen molar-refractivity contribution < 1.29 is 23.0 Å². The van der Waals surface area contributed by atoms with Gasteiger partial charge >= 0.3 is 0 Å². The smallest absolute Gasteiger partial charge is 0.220 e. The maximum atomic E-state index is 15.1. The number of hydrogen-bond acceptors (Lipinski definition) is 8. The van der Waals surface area contributed by atoms with Crippen molar-refractivity contribution in [2.45, 2.75) is 12.5 Å². The molecule has 3 aromatic rings. The maximum absolute atomic E-state index is 15.1. The van der Waals surface area contributed by atoms with Crippen LogP contribution in [0.1, 0.15) is 6.92 Å². The minimum Gasteiger partial charge on any atom is -0.494 e. The summed E-state index contributed by atoms with van der Waals surface area (Å²) >= 11 is 0. The summed E-state index contributed by atoms with van der Waals surface area (Å²) in [5.41, 5.74) is 5.60. The Balaban J connectivity index is 1.95. The van der Waals surface area contributed by atoms with E-state index in [-0.39, 0.29) is 34.3 Å². The number of pyridine rings is 1. The van der Waals surface area contributed by atoms with Gasteiger partial charge in [0, 0.05) is 24.8 Å². The van der Waals surface area contributed by atoms with Crippen LogP contribution in [0.15, 0.2) is 18.3 Å². The number of halogens is 2. The monoisotopic (exact) mass is 417 g/mol. The molecule has 0 aliphatic carbocycles. The summed E-state index contributed by atoms with van der Waals surface area (Å²) in [6, 6.07) is 2.66. The zero-order valence-corrected chi connectivity index (χ0v) is 17.0. The molecule has 3 heterocycles. The van der Waals surface area contributed by atoms with Gasteiger partial charge in [-0.2, -0.15) is 0 Å². The summed E-state index contributed by atoms with van der Waals surface area (Å²) in [5.74, 6) is -1.56. The molecule has 2 N–H and O–H groups in total. The standard InChI is InChI=1S/C20H21F2N5O3/c1-20(30-4)8-27(9-20)18-17-10(7-24-19(23)26-17)5-11(25-18)14-15(21)12(28-2)6-13(29-3)16(14)22/h5-7H,8-9H2,1-4H3,(H2,23,24,26). The largest absolute Gasteiger partial charge is 0.494 e. The van der Waals surface area contributed by atoms with Crippen LogP contribution in [-0.2, 0) is 4.74 Å². The minimum absolute atomic E-state index is 0.0593. The fourth-order valence-corrected chi connectivity index (χ4v) is 3.54. The van der Waals surface area contributed by atoms with Crippen LogP contribution in [0.25, 0.3) is 22.2 Å². The first-order valence-corrected chi connectivity index (χ1v) is 9.14. The van der Waals surface area contributed by atoms with Crippen molar-refractivity contribution in [2.24, 2.45) is 0 Å². The lowest BCUT2D eigenvalue weighted by molar-refractivity contribution is -0.0170. The number of nitrogens with zero attached hydrogens (tertiary/aromatic N) is 4. The number of ether oxygens (including phenoxy) is 3. The van der Waals surface area contributed by atoms with E-state index in [2.05, 4.69) is 15.0 Å². The van der Waals surface area contributed by atoms with Crippen molar-refractivity contribution in [3.63, 3.8) is 0 Å². The van der Waals surface area contributed by atoms with Crippen LogP contribution in [0, 0.1) is 11.6 Å². The first kappa shape index (κ1) is 20.0. The fourth-order valence-electron chi connectivity index (χ4n) is 3.54. The molecule has 0 bridgehead atoms. The normalized spacial score (nSPS) is 15.2. The predicted molar refractivity (Wildman–Crippen MR) is 108 cm³/mol. The number of methoxy groups -OCH3 is 3. The van der Waals surface area contributed by atoms with Gasteiger partial charge in [-0.25, -0.2) is 23.7 Å². The highest BCUT2D eigenvalue weighted by Gasteiger charge is 2.40. The molecule has 1 aliphatic rings. The first-order chi connectivity index (χ1) is 14.3. The summed E-state index contributed by atoms with van der Waals surface area (Å²) < 4.78 is 45.7.